The van der Waals surface area contributed by atoms with Gasteiger partial charge in [0.15, 0.2) is 0 Å². The van der Waals surface area contributed by atoms with Crippen LogP contribution < -0.4 is 16.0 Å². The molecule has 1 heterocycles. The number of nitrogens with zero attached hydrogens (tertiary/aromatic N) is 1. The summed E-state index contributed by atoms with van der Waals surface area (Å²) in [4.78, 5) is 36.9. The predicted octanol–water partition coefficient (Wildman–Crippen LogP) is 2.30. The van der Waals surface area contributed by atoms with Crippen molar-refractivity contribution in [1.29, 1.82) is 0 Å². The summed E-state index contributed by atoms with van der Waals surface area (Å²) in [7, 11) is 0. The van der Waals surface area contributed by atoms with Crippen molar-refractivity contribution in [3.8, 4) is 5.75 Å². The number of aromatic nitrogens is 2. The van der Waals surface area contributed by atoms with Crippen molar-refractivity contribution in [2.24, 2.45) is 0 Å². The molecule has 0 aliphatic carbocycles. The van der Waals surface area contributed by atoms with Crippen LogP contribution in [0.15, 0.2) is 32.3 Å². The Kier molecular flexibility index (Phi) is 5.12. The minimum Gasteiger partial charge on any atom is -0.493 e. The predicted molar refractivity (Wildman–Crippen MR) is 88.6 cm³/mol. The first-order valence-corrected chi connectivity index (χ1v) is 7.33. The van der Waals surface area contributed by atoms with Gasteiger partial charge < -0.3 is 9.72 Å². The lowest BCUT2D eigenvalue weighted by atomic mass is 10.2. The van der Waals surface area contributed by atoms with Gasteiger partial charge in [-0.25, -0.2) is 4.79 Å². The zero-order valence-electron chi connectivity index (χ0n) is 12.0. The van der Waals surface area contributed by atoms with Gasteiger partial charge in [-0.3, -0.25) is 19.9 Å². The molecule has 0 atom stereocenters. The number of ether oxygens (including phenoxy) is 1. The fourth-order valence-electron chi connectivity index (χ4n) is 1.87. The summed E-state index contributed by atoms with van der Waals surface area (Å²) < 4.78 is 6.10. The third-order valence-electron chi connectivity index (χ3n) is 2.83. The quantitative estimate of drug-likeness (QED) is 0.608. The van der Waals surface area contributed by atoms with E-state index in [0.717, 1.165) is 4.47 Å². The maximum Gasteiger partial charge on any atom is 0.357 e. The summed E-state index contributed by atoms with van der Waals surface area (Å²) in [6.07, 6.45) is 2.84. The first kappa shape index (κ1) is 16.7. The van der Waals surface area contributed by atoms with Gasteiger partial charge in [-0.1, -0.05) is 12.1 Å². The fraction of sp³-hybridized carbons (Fsp3) is 0.143. The summed E-state index contributed by atoms with van der Waals surface area (Å²) in [6.45, 7) is 2.39. The van der Waals surface area contributed by atoms with E-state index < -0.39 is 21.9 Å². The Hall–Kier alpha value is -2.68. The second kappa shape index (κ2) is 7.05. The van der Waals surface area contributed by atoms with Crippen molar-refractivity contribution < 1.29 is 9.66 Å². The van der Waals surface area contributed by atoms with Crippen LogP contribution in [0.25, 0.3) is 12.2 Å². The van der Waals surface area contributed by atoms with E-state index in [1.807, 2.05) is 11.9 Å². The Morgan fingerprint density at radius 2 is 2.04 bits per heavy atom. The number of hydrogen-bond donors (Lipinski definition) is 2. The molecule has 120 valence electrons. The highest BCUT2D eigenvalue weighted by Gasteiger charge is 2.18. The van der Waals surface area contributed by atoms with Gasteiger partial charge in [0.05, 0.1) is 16.0 Å². The van der Waals surface area contributed by atoms with Gasteiger partial charge in [0, 0.05) is 0 Å². The van der Waals surface area contributed by atoms with Gasteiger partial charge in [-0.05, 0) is 46.6 Å². The zero-order chi connectivity index (χ0) is 17.0. The largest absolute Gasteiger partial charge is 0.493 e. The van der Waals surface area contributed by atoms with Crippen LogP contribution >= 0.6 is 15.9 Å². The summed E-state index contributed by atoms with van der Waals surface area (Å²) in [5.41, 5.74) is -2.05. The average Bonchev–Trinajstić information content (AvgIpc) is 2.46. The summed E-state index contributed by atoms with van der Waals surface area (Å²) in [5.74, 6) is 0.667. The Morgan fingerprint density at radius 1 is 1.30 bits per heavy atom. The number of hydrogen-bond acceptors (Lipinski definition) is 5. The number of H-pyrrole nitrogens is 2. The molecule has 0 bridgehead atoms. The van der Waals surface area contributed by atoms with E-state index in [2.05, 4.69) is 20.9 Å². The van der Waals surface area contributed by atoms with E-state index in [-0.39, 0.29) is 5.69 Å². The van der Waals surface area contributed by atoms with Crippen molar-refractivity contribution in [2.75, 3.05) is 6.61 Å². The van der Waals surface area contributed by atoms with E-state index in [0.29, 0.717) is 17.9 Å². The van der Waals surface area contributed by atoms with Crippen LogP contribution in [0.3, 0.4) is 0 Å². The monoisotopic (exact) mass is 381 g/mol. The number of rotatable bonds is 5. The normalized spacial score (nSPS) is 10.9. The topological polar surface area (TPSA) is 118 Å². The smallest absolute Gasteiger partial charge is 0.357 e. The van der Waals surface area contributed by atoms with Gasteiger partial charge in [0.2, 0.25) is 0 Å². The SMILES string of the molecule is CCOc1ccc(C=Cc2[nH]c(=O)[nH]c(=O)c2[N+](=O)[O-])cc1Br. The number of aromatic amines is 2. The highest BCUT2D eigenvalue weighted by atomic mass is 79.9. The molecule has 0 aliphatic heterocycles. The van der Waals surface area contributed by atoms with Crippen LogP contribution in [0.1, 0.15) is 18.2 Å². The Balaban J connectivity index is 2.41. The molecule has 2 N–H and O–H groups in total. The lowest BCUT2D eigenvalue weighted by Gasteiger charge is -2.06. The maximum atomic E-state index is 11.5. The lowest BCUT2D eigenvalue weighted by molar-refractivity contribution is -0.386. The second-order valence-electron chi connectivity index (χ2n) is 4.38. The van der Waals surface area contributed by atoms with Crippen molar-refractivity contribution in [3.63, 3.8) is 0 Å². The van der Waals surface area contributed by atoms with E-state index in [1.54, 1.807) is 18.2 Å². The van der Waals surface area contributed by atoms with Crippen LogP contribution in [0.2, 0.25) is 0 Å². The molecule has 0 radical (unpaired) electrons. The first-order chi connectivity index (χ1) is 10.9. The van der Waals surface area contributed by atoms with E-state index in [1.165, 1.54) is 12.2 Å². The molecule has 0 amide bonds. The van der Waals surface area contributed by atoms with Crippen LogP contribution in [0, 0.1) is 10.1 Å². The molecular formula is C14H12BrN3O5. The molecule has 1 aromatic heterocycles. The lowest BCUT2D eigenvalue weighted by Crippen LogP contribution is -2.25. The Labute approximate surface area is 138 Å². The third-order valence-corrected chi connectivity index (χ3v) is 3.45. The van der Waals surface area contributed by atoms with Crippen molar-refractivity contribution in [2.45, 2.75) is 6.92 Å². The van der Waals surface area contributed by atoms with Crippen LogP contribution in [-0.2, 0) is 0 Å². The van der Waals surface area contributed by atoms with E-state index in [4.69, 9.17) is 4.74 Å². The third kappa shape index (κ3) is 3.95. The molecule has 0 aliphatic rings. The molecule has 2 rings (SSSR count). The van der Waals surface area contributed by atoms with Crippen LogP contribution in [0.4, 0.5) is 5.69 Å². The summed E-state index contributed by atoms with van der Waals surface area (Å²) in [5, 5.41) is 10.9. The van der Waals surface area contributed by atoms with Crippen molar-refractivity contribution >= 4 is 33.8 Å². The summed E-state index contributed by atoms with van der Waals surface area (Å²) >= 11 is 3.36. The number of benzene rings is 1. The molecule has 9 heteroatoms. The molecule has 0 saturated heterocycles. The number of nitrogens with one attached hydrogen (secondary N) is 2. The van der Waals surface area contributed by atoms with Gasteiger partial charge in [0.1, 0.15) is 11.4 Å². The van der Waals surface area contributed by atoms with Crippen LogP contribution in [0.5, 0.6) is 5.75 Å². The molecule has 1 aromatic carbocycles. The fourth-order valence-corrected chi connectivity index (χ4v) is 2.38. The molecule has 0 unspecified atom stereocenters. The number of halogens is 1. The highest BCUT2D eigenvalue weighted by molar-refractivity contribution is 9.10. The zero-order valence-corrected chi connectivity index (χ0v) is 13.5. The highest BCUT2D eigenvalue weighted by Crippen LogP contribution is 2.26. The molecular weight excluding hydrogens is 370 g/mol. The minimum absolute atomic E-state index is 0.172. The second-order valence-corrected chi connectivity index (χ2v) is 5.24. The first-order valence-electron chi connectivity index (χ1n) is 6.53. The maximum absolute atomic E-state index is 11.5. The Morgan fingerprint density at radius 3 is 2.65 bits per heavy atom. The van der Waals surface area contributed by atoms with Crippen LogP contribution in [-0.4, -0.2) is 21.5 Å². The number of nitro groups is 1. The van der Waals surface area contributed by atoms with Crippen molar-refractivity contribution in [3.05, 3.63) is 64.9 Å². The molecule has 8 nitrogen and oxygen atoms in total. The van der Waals surface area contributed by atoms with Gasteiger partial charge in [0.25, 0.3) is 0 Å². The minimum atomic E-state index is -1.05. The Bertz CT molecular complexity index is 885. The van der Waals surface area contributed by atoms with Gasteiger partial charge in [-0.15, -0.1) is 0 Å². The van der Waals surface area contributed by atoms with Crippen molar-refractivity contribution in [1.82, 2.24) is 9.97 Å². The van der Waals surface area contributed by atoms with Gasteiger partial charge >= 0.3 is 16.9 Å². The molecule has 2 aromatic rings. The molecule has 0 saturated carbocycles. The standard InChI is InChI=1S/C14H12BrN3O5/c1-2-23-11-6-4-8(7-9(11)15)3-5-10-12(18(21)22)13(19)17-14(20)16-10/h3-7H,2H2,1H3,(H2,16,17,19,20). The average molecular weight is 382 g/mol. The molecule has 23 heavy (non-hydrogen) atoms. The van der Waals surface area contributed by atoms with E-state index in [9.17, 15) is 19.7 Å². The van der Waals surface area contributed by atoms with E-state index >= 15 is 0 Å². The summed E-state index contributed by atoms with van der Waals surface area (Å²) in [6, 6.07) is 5.23. The van der Waals surface area contributed by atoms with Gasteiger partial charge in [-0.2, -0.15) is 0 Å². The molecule has 0 fully saturated rings. The molecule has 0 spiro atoms.